The first-order valence-corrected chi connectivity index (χ1v) is 9.57. The quantitative estimate of drug-likeness (QED) is 0.824. The van der Waals surface area contributed by atoms with Gasteiger partial charge in [-0.1, -0.05) is 25.9 Å². The van der Waals surface area contributed by atoms with E-state index in [-0.39, 0.29) is 11.3 Å². The molecular formula is C19H31N3O3. The van der Waals surface area contributed by atoms with Crippen LogP contribution in [-0.2, 0) is 11.2 Å². The molecule has 0 aliphatic heterocycles. The van der Waals surface area contributed by atoms with Crippen LogP contribution in [0.3, 0.4) is 0 Å². The second kappa shape index (κ2) is 7.06. The van der Waals surface area contributed by atoms with E-state index in [1.165, 1.54) is 0 Å². The third-order valence-corrected chi connectivity index (χ3v) is 5.75. The van der Waals surface area contributed by atoms with E-state index in [2.05, 4.69) is 36.2 Å². The molecule has 0 spiro atoms. The van der Waals surface area contributed by atoms with Crippen LogP contribution in [0.1, 0.15) is 83.3 Å². The van der Waals surface area contributed by atoms with E-state index in [0.29, 0.717) is 37.1 Å². The highest BCUT2D eigenvalue weighted by molar-refractivity contribution is 5.76. The van der Waals surface area contributed by atoms with E-state index in [0.717, 1.165) is 44.3 Å². The Balaban J connectivity index is 1.38. The van der Waals surface area contributed by atoms with Crippen molar-refractivity contribution < 1.29 is 14.4 Å². The molecule has 1 heterocycles. The maximum atomic E-state index is 12.1. The monoisotopic (exact) mass is 349 g/mol. The molecule has 2 fully saturated rings. The van der Waals surface area contributed by atoms with E-state index in [4.69, 9.17) is 4.52 Å². The Hall–Kier alpha value is -1.43. The highest BCUT2D eigenvalue weighted by Gasteiger charge is 2.37. The van der Waals surface area contributed by atoms with Gasteiger partial charge in [0, 0.05) is 25.3 Å². The first-order chi connectivity index (χ1) is 11.8. The van der Waals surface area contributed by atoms with Crippen molar-refractivity contribution in [3.05, 3.63) is 11.7 Å². The Kier molecular flexibility index (Phi) is 5.19. The number of aromatic nitrogens is 2. The minimum atomic E-state index is -0.763. The predicted molar refractivity (Wildman–Crippen MR) is 94.0 cm³/mol. The average Bonchev–Trinajstić information content (AvgIpc) is 3.29. The fourth-order valence-corrected chi connectivity index (χ4v) is 3.65. The normalized spacial score (nSPS) is 27.3. The fourth-order valence-electron chi connectivity index (χ4n) is 3.65. The van der Waals surface area contributed by atoms with Crippen LogP contribution in [0.5, 0.6) is 0 Å². The fraction of sp³-hybridized carbons (Fsp3) is 0.842. The van der Waals surface area contributed by atoms with Crippen molar-refractivity contribution in [1.29, 1.82) is 0 Å². The summed E-state index contributed by atoms with van der Waals surface area (Å²) in [4.78, 5) is 16.4. The van der Waals surface area contributed by atoms with Gasteiger partial charge in [-0.25, -0.2) is 0 Å². The van der Waals surface area contributed by atoms with Gasteiger partial charge >= 0.3 is 0 Å². The van der Waals surface area contributed by atoms with Gasteiger partial charge in [0.2, 0.25) is 11.8 Å². The van der Waals surface area contributed by atoms with Gasteiger partial charge in [0.1, 0.15) is 0 Å². The Morgan fingerprint density at radius 1 is 1.28 bits per heavy atom. The number of nitrogens with zero attached hydrogens (tertiary/aromatic N) is 2. The number of hydrogen-bond donors (Lipinski definition) is 2. The zero-order valence-corrected chi connectivity index (χ0v) is 15.7. The molecule has 0 aromatic carbocycles. The molecule has 6 nitrogen and oxygen atoms in total. The van der Waals surface area contributed by atoms with Gasteiger partial charge in [0.25, 0.3) is 0 Å². The number of nitrogens with one attached hydrogen (secondary N) is 1. The van der Waals surface area contributed by atoms with E-state index < -0.39 is 5.60 Å². The van der Waals surface area contributed by atoms with Crippen molar-refractivity contribution >= 4 is 5.91 Å². The van der Waals surface area contributed by atoms with E-state index in [1.54, 1.807) is 0 Å². The lowest BCUT2D eigenvalue weighted by Gasteiger charge is -2.41. The van der Waals surface area contributed by atoms with Gasteiger partial charge in [-0.05, 0) is 49.9 Å². The van der Waals surface area contributed by atoms with Crippen LogP contribution in [0.15, 0.2) is 4.52 Å². The number of amides is 1. The van der Waals surface area contributed by atoms with Crippen LogP contribution in [0.25, 0.3) is 0 Å². The standard InChI is InChI=1S/C19H31N3O3/c1-18(2,3)14-8-10-19(24,11-9-14)12-20-15(23)6-7-16-21-17(22-25-16)13-4-5-13/h13-14,24H,4-12H2,1-3H3,(H,20,23). The predicted octanol–water partition coefficient (Wildman–Crippen LogP) is 2.96. The largest absolute Gasteiger partial charge is 0.388 e. The van der Waals surface area contributed by atoms with Gasteiger partial charge in [0.05, 0.1) is 5.60 Å². The van der Waals surface area contributed by atoms with Gasteiger partial charge < -0.3 is 14.9 Å². The number of carbonyl (C=O) groups is 1. The number of aryl methyl sites for hydroxylation is 1. The van der Waals surface area contributed by atoms with Crippen LogP contribution in [-0.4, -0.2) is 33.3 Å². The lowest BCUT2D eigenvalue weighted by Crippen LogP contribution is -2.46. The second-order valence-corrected chi connectivity index (χ2v) is 8.96. The van der Waals surface area contributed by atoms with Gasteiger partial charge in [-0.2, -0.15) is 4.98 Å². The Bertz CT molecular complexity index is 593. The van der Waals surface area contributed by atoms with Gasteiger partial charge in [0.15, 0.2) is 5.82 Å². The van der Waals surface area contributed by atoms with E-state index in [9.17, 15) is 9.90 Å². The van der Waals surface area contributed by atoms with Gasteiger partial charge in [-0.3, -0.25) is 4.79 Å². The van der Waals surface area contributed by atoms with Crippen molar-refractivity contribution in [2.75, 3.05) is 6.54 Å². The Morgan fingerprint density at radius 2 is 1.96 bits per heavy atom. The van der Waals surface area contributed by atoms with Crippen LogP contribution in [0, 0.1) is 11.3 Å². The van der Waals surface area contributed by atoms with Crippen molar-refractivity contribution in [2.45, 2.75) is 83.7 Å². The highest BCUT2D eigenvalue weighted by atomic mass is 16.5. The summed E-state index contributed by atoms with van der Waals surface area (Å²) < 4.78 is 5.18. The second-order valence-electron chi connectivity index (χ2n) is 8.96. The van der Waals surface area contributed by atoms with Crippen molar-refractivity contribution in [3.63, 3.8) is 0 Å². The summed E-state index contributed by atoms with van der Waals surface area (Å²) in [5.41, 5.74) is -0.477. The van der Waals surface area contributed by atoms with Crippen molar-refractivity contribution in [3.8, 4) is 0 Å². The molecule has 3 rings (SSSR count). The summed E-state index contributed by atoms with van der Waals surface area (Å²) in [5.74, 6) is 2.34. The molecular weight excluding hydrogens is 318 g/mol. The topological polar surface area (TPSA) is 88.2 Å². The van der Waals surface area contributed by atoms with Crippen molar-refractivity contribution in [2.24, 2.45) is 11.3 Å². The molecule has 1 amide bonds. The third-order valence-electron chi connectivity index (χ3n) is 5.75. The third kappa shape index (κ3) is 5.03. The van der Waals surface area contributed by atoms with Crippen LogP contribution in [0.4, 0.5) is 0 Å². The molecule has 0 unspecified atom stereocenters. The SMILES string of the molecule is CC(C)(C)C1CCC(O)(CNC(=O)CCc2nc(C3CC3)no2)CC1. The summed E-state index contributed by atoms with van der Waals surface area (Å²) in [6.45, 7) is 7.11. The van der Waals surface area contributed by atoms with E-state index >= 15 is 0 Å². The summed E-state index contributed by atoms with van der Waals surface area (Å²) in [7, 11) is 0. The Morgan fingerprint density at radius 3 is 2.56 bits per heavy atom. The van der Waals surface area contributed by atoms with Crippen LogP contribution >= 0.6 is 0 Å². The zero-order valence-electron chi connectivity index (χ0n) is 15.7. The van der Waals surface area contributed by atoms with E-state index in [1.807, 2.05) is 0 Å². The molecule has 1 aromatic heterocycles. The molecule has 2 N–H and O–H groups in total. The number of carbonyl (C=O) groups excluding carboxylic acids is 1. The Labute approximate surface area is 149 Å². The maximum absolute atomic E-state index is 12.1. The molecule has 0 atom stereocenters. The molecule has 6 heteroatoms. The summed E-state index contributed by atoms with van der Waals surface area (Å²) in [5, 5.41) is 17.5. The number of hydrogen-bond acceptors (Lipinski definition) is 5. The summed E-state index contributed by atoms with van der Waals surface area (Å²) in [6.07, 6.45) is 6.57. The maximum Gasteiger partial charge on any atom is 0.227 e. The zero-order chi connectivity index (χ0) is 18.1. The van der Waals surface area contributed by atoms with Gasteiger partial charge in [-0.15, -0.1) is 0 Å². The molecule has 2 saturated carbocycles. The lowest BCUT2D eigenvalue weighted by molar-refractivity contribution is -0.123. The minimum absolute atomic E-state index is 0.0717. The molecule has 1 aromatic rings. The van der Waals surface area contributed by atoms with Crippen LogP contribution < -0.4 is 5.32 Å². The van der Waals surface area contributed by atoms with Crippen LogP contribution in [0.2, 0.25) is 0 Å². The first-order valence-electron chi connectivity index (χ1n) is 9.57. The number of rotatable bonds is 6. The average molecular weight is 349 g/mol. The minimum Gasteiger partial charge on any atom is -0.388 e. The molecule has 140 valence electrons. The highest BCUT2D eigenvalue weighted by Crippen LogP contribution is 2.41. The molecule has 2 aliphatic rings. The molecule has 0 radical (unpaired) electrons. The summed E-state index contributed by atoms with van der Waals surface area (Å²) >= 11 is 0. The molecule has 25 heavy (non-hydrogen) atoms. The molecule has 0 bridgehead atoms. The van der Waals surface area contributed by atoms with Crippen molar-refractivity contribution in [1.82, 2.24) is 15.5 Å². The lowest BCUT2D eigenvalue weighted by atomic mass is 9.68. The smallest absolute Gasteiger partial charge is 0.227 e. The first kappa shape index (κ1) is 18.4. The molecule has 0 saturated heterocycles. The molecule has 2 aliphatic carbocycles. The summed E-state index contributed by atoms with van der Waals surface area (Å²) in [6, 6.07) is 0. The number of aliphatic hydroxyl groups is 1.